The summed E-state index contributed by atoms with van der Waals surface area (Å²) in [6.07, 6.45) is 4.66. The van der Waals surface area contributed by atoms with Gasteiger partial charge in [-0.15, -0.1) is 0 Å². The van der Waals surface area contributed by atoms with Gasteiger partial charge in [-0.05, 0) is 62.9 Å². The third-order valence-electron chi connectivity index (χ3n) is 7.06. The van der Waals surface area contributed by atoms with Crippen molar-refractivity contribution in [3.8, 4) is 5.75 Å². The van der Waals surface area contributed by atoms with Crippen LogP contribution >= 0.6 is 0 Å². The molecule has 2 aromatic rings. The van der Waals surface area contributed by atoms with E-state index in [0.29, 0.717) is 23.9 Å². The Kier molecular flexibility index (Phi) is 8.00. The first-order valence-electron chi connectivity index (χ1n) is 12.1. The van der Waals surface area contributed by atoms with E-state index in [9.17, 15) is 9.59 Å². The van der Waals surface area contributed by atoms with Gasteiger partial charge in [-0.25, -0.2) is 0 Å². The van der Waals surface area contributed by atoms with Crippen LogP contribution in [0.4, 0.5) is 0 Å². The predicted octanol–water partition coefficient (Wildman–Crippen LogP) is 3.37. The summed E-state index contributed by atoms with van der Waals surface area (Å²) in [6.45, 7) is 4.15. The number of piperidine rings is 2. The van der Waals surface area contributed by atoms with Crippen LogP contribution in [0.15, 0.2) is 54.6 Å². The number of amides is 2. The first kappa shape index (κ1) is 23.3. The summed E-state index contributed by atoms with van der Waals surface area (Å²) in [7, 11) is 1.60. The van der Waals surface area contributed by atoms with Crippen molar-refractivity contribution in [3.63, 3.8) is 0 Å². The van der Waals surface area contributed by atoms with Gasteiger partial charge in [0.15, 0.2) is 0 Å². The average Bonchev–Trinajstić information content (AvgIpc) is 2.89. The van der Waals surface area contributed by atoms with Crippen molar-refractivity contribution in [1.82, 2.24) is 15.1 Å². The fourth-order valence-electron chi connectivity index (χ4n) is 5.07. The van der Waals surface area contributed by atoms with Gasteiger partial charge in [0.1, 0.15) is 5.75 Å². The van der Waals surface area contributed by atoms with Crippen molar-refractivity contribution in [2.75, 3.05) is 39.8 Å². The first-order chi connectivity index (χ1) is 16.2. The Bertz CT molecular complexity index is 917. The molecular weight excluding hydrogens is 414 g/mol. The molecular formula is C27H35N3O3. The summed E-state index contributed by atoms with van der Waals surface area (Å²) in [5.41, 5.74) is 1.89. The minimum atomic E-state index is 0.0526. The molecule has 0 saturated carbocycles. The number of para-hydroxylation sites is 1. The van der Waals surface area contributed by atoms with Crippen molar-refractivity contribution < 1.29 is 14.3 Å². The lowest BCUT2D eigenvalue weighted by molar-refractivity contribution is -0.126. The molecule has 2 fully saturated rings. The van der Waals surface area contributed by atoms with Gasteiger partial charge in [0, 0.05) is 31.6 Å². The molecule has 1 N–H and O–H groups in total. The molecule has 6 nitrogen and oxygen atoms in total. The highest BCUT2D eigenvalue weighted by Crippen LogP contribution is 2.26. The van der Waals surface area contributed by atoms with Crippen LogP contribution in [-0.4, -0.2) is 67.5 Å². The zero-order valence-electron chi connectivity index (χ0n) is 19.5. The maximum absolute atomic E-state index is 12.9. The molecule has 2 heterocycles. The molecule has 0 spiro atoms. The van der Waals surface area contributed by atoms with Crippen LogP contribution in [0.3, 0.4) is 0 Å². The van der Waals surface area contributed by atoms with Crippen LogP contribution in [0.25, 0.3) is 0 Å². The van der Waals surface area contributed by atoms with E-state index >= 15 is 0 Å². The van der Waals surface area contributed by atoms with Crippen LogP contribution in [0, 0.1) is 5.92 Å². The molecule has 0 unspecified atom stereocenters. The summed E-state index contributed by atoms with van der Waals surface area (Å²) in [5.74, 6) is 0.998. The smallest absolute Gasteiger partial charge is 0.257 e. The maximum Gasteiger partial charge on any atom is 0.257 e. The number of methoxy groups -OCH3 is 1. The minimum absolute atomic E-state index is 0.0526. The Balaban J connectivity index is 1.18. The molecule has 2 aromatic carbocycles. The van der Waals surface area contributed by atoms with E-state index in [0.717, 1.165) is 58.3 Å². The molecule has 2 aliphatic rings. The second kappa shape index (κ2) is 11.3. The normalized spacial score (nSPS) is 18.2. The monoisotopic (exact) mass is 449 g/mol. The van der Waals surface area contributed by atoms with Crippen LogP contribution in [0.5, 0.6) is 5.75 Å². The van der Waals surface area contributed by atoms with Crippen LogP contribution in [-0.2, 0) is 11.2 Å². The molecule has 0 aliphatic carbocycles. The van der Waals surface area contributed by atoms with Gasteiger partial charge in [-0.3, -0.25) is 9.59 Å². The number of carbonyl (C=O) groups is 2. The molecule has 4 rings (SSSR count). The summed E-state index contributed by atoms with van der Waals surface area (Å²) in [6, 6.07) is 18.2. The molecule has 2 saturated heterocycles. The van der Waals surface area contributed by atoms with Gasteiger partial charge < -0.3 is 19.9 Å². The number of ether oxygens (including phenoxy) is 1. The topological polar surface area (TPSA) is 61.9 Å². The van der Waals surface area contributed by atoms with E-state index in [4.69, 9.17) is 4.74 Å². The largest absolute Gasteiger partial charge is 0.496 e. The predicted molar refractivity (Wildman–Crippen MR) is 129 cm³/mol. The van der Waals surface area contributed by atoms with Crippen LogP contribution in [0.1, 0.15) is 41.6 Å². The SMILES string of the molecule is COc1ccccc1C(=O)N1CCC(N2CCC(C(=O)NCCc3ccccc3)CC2)CC1. The number of likely N-dealkylation sites (tertiary alicyclic amines) is 2. The number of nitrogens with one attached hydrogen (secondary N) is 1. The number of rotatable bonds is 7. The van der Waals surface area contributed by atoms with Crippen molar-refractivity contribution >= 4 is 11.8 Å². The highest BCUT2D eigenvalue weighted by molar-refractivity contribution is 5.97. The van der Waals surface area contributed by atoms with Crippen molar-refractivity contribution in [1.29, 1.82) is 0 Å². The zero-order valence-corrected chi connectivity index (χ0v) is 19.5. The molecule has 0 atom stereocenters. The molecule has 0 aromatic heterocycles. The second-order valence-electron chi connectivity index (χ2n) is 9.06. The number of hydrogen-bond acceptors (Lipinski definition) is 4. The van der Waals surface area contributed by atoms with Gasteiger partial charge in [0.05, 0.1) is 12.7 Å². The first-order valence-corrected chi connectivity index (χ1v) is 12.1. The summed E-state index contributed by atoms with van der Waals surface area (Å²) in [5, 5.41) is 3.13. The molecule has 176 valence electrons. The van der Waals surface area contributed by atoms with Gasteiger partial charge >= 0.3 is 0 Å². The number of benzene rings is 2. The highest BCUT2D eigenvalue weighted by atomic mass is 16.5. The zero-order chi connectivity index (χ0) is 23.0. The summed E-state index contributed by atoms with van der Waals surface area (Å²) >= 11 is 0. The Hall–Kier alpha value is -2.86. The lowest BCUT2D eigenvalue weighted by atomic mass is 9.92. The Labute approximate surface area is 196 Å². The molecule has 33 heavy (non-hydrogen) atoms. The molecule has 0 radical (unpaired) electrons. The molecule has 2 amide bonds. The van der Waals surface area contributed by atoms with E-state index in [2.05, 4.69) is 22.3 Å². The Morgan fingerprint density at radius 3 is 2.27 bits per heavy atom. The van der Waals surface area contributed by atoms with E-state index in [-0.39, 0.29) is 17.7 Å². The quantitative estimate of drug-likeness (QED) is 0.704. The number of hydrogen-bond donors (Lipinski definition) is 1. The fourth-order valence-corrected chi connectivity index (χ4v) is 5.07. The fraction of sp³-hybridized carbons (Fsp3) is 0.481. The van der Waals surface area contributed by atoms with Gasteiger partial charge in [0.25, 0.3) is 5.91 Å². The Morgan fingerprint density at radius 2 is 1.58 bits per heavy atom. The molecule has 2 aliphatic heterocycles. The van der Waals surface area contributed by atoms with Crippen molar-refractivity contribution in [3.05, 3.63) is 65.7 Å². The van der Waals surface area contributed by atoms with Crippen molar-refractivity contribution in [2.45, 2.75) is 38.1 Å². The third-order valence-corrected chi connectivity index (χ3v) is 7.06. The van der Waals surface area contributed by atoms with E-state index in [1.165, 1.54) is 5.56 Å². The molecule has 6 heteroatoms. The maximum atomic E-state index is 12.9. The Morgan fingerprint density at radius 1 is 0.909 bits per heavy atom. The highest BCUT2D eigenvalue weighted by Gasteiger charge is 2.32. The van der Waals surface area contributed by atoms with Crippen LogP contribution < -0.4 is 10.1 Å². The van der Waals surface area contributed by atoms with E-state index < -0.39 is 0 Å². The van der Waals surface area contributed by atoms with Gasteiger partial charge in [0.2, 0.25) is 5.91 Å². The van der Waals surface area contributed by atoms with E-state index in [1.54, 1.807) is 7.11 Å². The second-order valence-corrected chi connectivity index (χ2v) is 9.06. The lowest BCUT2D eigenvalue weighted by Crippen LogP contribution is -2.50. The third kappa shape index (κ3) is 5.93. The summed E-state index contributed by atoms with van der Waals surface area (Å²) in [4.78, 5) is 30.0. The van der Waals surface area contributed by atoms with Crippen LogP contribution in [0.2, 0.25) is 0 Å². The average molecular weight is 450 g/mol. The standard InChI is InChI=1S/C27H35N3O3/c1-33-25-10-6-5-9-24(25)27(32)30-19-14-23(15-20-30)29-17-12-22(13-18-29)26(31)28-16-11-21-7-3-2-4-8-21/h2-10,22-23H,11-20H2,1H3,(H,28,31). The van der Waals surface area contributed by atoms with Gasteiger partial charge in [-0.2, -0.15) is 0 Å². The van der Waals surface area contributed by atoms with Crippen molar-refractivity contribution in [2.24, 2.45) is 5.92 Å². The lowest BCUT2D eigenvalue weighted by Gasteiger charge is -2.41. The number of carbonyl (C=O) groups excluding carboxylic acids is 2. The minimum Gasteiger partial charge on any atom is -0.496 e. The van der Waals surface area contributed by atoms with Gasteiger partial charge in [-0.1, -0.05) is 42.5 Å². The number of nitrogens with zero attached hydrogens (tertiary/aromatic N) is 2. The van der Waals surface area contributed by atoms with E-state index in [1.807, 2.05) is 47.4 Å². The summed E-state index contributed by atoms with van der Waals surface area (Å²) < 4.78 is 5.36. The molecule has 0 bridgehead atoms.